The topological polar surface area (TPSA) is 33.1 Å². The molecular weight excluding hydrogens is 238 g/mol. The predicted molar refractivity (Wildman–Crippen MR) is 67.1 cm³/mol. The highest BCUT2D eigenvalue weighted by molar-refractivity contribution is 7.12. The third-order valence-corrected chi connectivity index (χ3v) is 5.09. The molecule has 3 rings (SSSR count). The molecular formula is C12H13NOS2. The largest absolute Gasteiger partial charge is 0.387 e. The Morgan fingerprint density at radius 1 is 1.44 bits per heavy atom. The Hall–Kier alpha value is -0.710. The van der Waals surface area contributed by atoms with Gasteiger partial charge in [-0.05, 0) is 30.9 Å². The zero-order valence-electron chi connectivity index (χ0n) is 8.85. The minimum absolute atomic E-state index is 0.373. The number of aromatic nitrogens is 1. The second kappa shape index (κ2) is 4.28. The van der Waals surface area contributed by atoms with E-state index in [1.807, 2.05) is 5.38 Å². The first-order valence-corrected chi connectivity index (χ1v) is 7.20. The fourth-order valence-electron chi connectivity index (χ4n) is 2.14. The van der Waals surface area contributed by atoms with Crippen molar-refractivity contribution in [2.45, 2.75) is 31.8 Å². The van der Waals surface area contributed by atoms with Gasteiger partial charge in [0.05, 0.1) is 11.1 Å². The van der Waals surface area contributed by atoms with Crippen molar-refractivity contribution in [2.24, 2.45) is 0 Å². The maximum atomic E-state index is 10.1. The van der Waals surface area contributed by atoms with E-state index in [-0.39, 0.29) is 6.10 Å². The molecule has 0 bridgehead atoms. The van der Waals surface area contributed by atoms with Crippen LogP contribution in [0.5, 0.6) is 0 Å². The van der Waals surface area contributed by atoms with Gasteiger partial charge >= 0.3 is 0 Å². The van der Waals surface area contributed by atoms with E-state index in [1.54, 1.807) is 28.9 Å². The highest BCUT2D eigenvalue weighted by atomic mass is 32.1. The summed E-state index contributed by atoms with van der Waals surface area (Å²) in [6.45, 7) is 0. The van der Waals surface area contributed by atoms with E-state index in [1.165, 1.54) is 29.7 Å². The number of aliphatic hydroxyl groups excluding tert-OH is 1. The van der Waals surface area contributed by atoms with Crippen molar-refractivity contribution in [3.8, 4) is 0 Å². The fourth-order valence-corrected chi connectivity index (χ4v) is 4.03. The smallest absolute Gasteiger partial charge is 0.0954 e. The molecule has 2 aromatic rings. The molecule has 0 aliphatic heterocycles. The van der Waals surface area contributed by atoms with Crippen LogP contribution in [0.3, 0.4) is 0 Å². The Morgan fingerprint density at radius 3 is 3.12 bits per heavy atom. The van der Waals surface area contributed by atoms with Crippen LogP contribution in [0, 0.1) is 0 Å². The van der Waals surface area contributed by atoms with Crippen LogP contribution in [0.1, 0.15) is 32.9 Å². The molecule has 1 aliphatic carbocycles. The summed E-state index contributed by atoms with van der Waals surface area (Å²) in [5, 5.41) is 13.1. The standard InChI is InChI=1S/C12H13NOS2/c14-9(7-12-13-4-5-15-12)11-6-8-2-1-3-10(8)16-11/h4-6,9,14H,1-3,7H2. The molecule has 1 aliphatic rings. The average Bonchev–Trinajstić information content (AvgIpc) is 2.91. The van der Waals surface area contributed by atoms with Gasteiger partial charge in [-0.3, -0.25) is 0 Å². The van der Waals surface area contributed by atoms with Crippen molar-refractivity contribution < 1.29 is 5.11 Å². The molecule has 0 saturated heterocycles. The number of hydrogen-bond acceptors (Lipinski definition) is 4. The van der Waals surface area contributed by atoms with Gasteiger partial charge in [0.1, 0.15) is 0 Å². The SMILES string of the molecule is OC(Cc1nccs1)c1cc2c(s1)CCC2. The molecule has 0 fully saturated rings. The monoisotopic (exact) mass is 251 g/mol. The van der Waals surface area contributed by atoms with Crippen molar-refractivity contribution in [2.75, 3.05) is 0 Å². The first-order valence-electron chi connectivity index (χ1n) is 5.51. The van der Waals surface area contributed by atoms with Crippen LogP contribution in [-0.2, 0) is 19.3 Å². The maximum Gasteiger partial charge on any atom is 0.0954 e. The van der Waals surface area contributed by atoms with Gasteiger partial charge in [0.2, 0.25) is 0 Å². The molecule has 1 atom stereocenters. The van der Waals surface area contributed by atoms with Crippen LogP contribution in [0.4, 0.5) is 0 Å². The minimum Gasteiger partial charge on any atom is -0.387 e. The number of fused-ring (bicyclic) bond motifs is 1. The molecule has 84 valence electrons. The summed E-state index contributed by atoms with van der Waals surface area (Å²) in [7, 11) is 0. The molecule has 0 saturated carbocycles. The van der Waals surface area contributed by atoms with Gasteiger partial charge in [-0.1, -0.05) is 0 Å². The van der Waals surface area contributed by atoms with Gasteiger partial charge in [-0.2, -0.15) is 0 Å². The molecule has 0 amide bonds. The Labute approximate surface area is 103 Å². The summed E-state index contributed by atoms with van der Waals surface area (Å²) >= 11 is 3.39. The average molecular weight is 251 g/mol. The summed E-state index contributed by atoms with van der Waals surface area (Å²) in [5.74, 6) is 0. The molecule has 1 N–H and O–H groups in total. The van der Waals surface area contributed by atoms with Gasteiger partial charge < -0.3 is 5.11 Å². The van der Waals surface area contributed by atoms with E-state index in [2.05, 4.69) is 11.1 Å². The van der Waals surface area contributed by atoms with E-state index < -0.39 is 0 Å². The summed E-state index contributed by atoms with van der Waals surface area (Å²) < 4.78 is 0. The maximum absolute atomic E-state index is 10.1. The first-order chi connectivity index (χ1) is 7.83. The van der Waals surface area contributed by atoms with Crippen LogP contribution in [0.15, 0.2) is 17.6 Å². The number of thiazole rings is 1. The van der Waals surface area contributed by atoms with Crippen LogP contribution in [-0.4, -0.2) is 10.1 Å². The van der Waals surface area contributed by atoms with Crippen molar-refractivity contribution in [3.05, 3.63) is 38.0 Å². The van der Waals surface area contributed by atoms with E-state index >= 15 is 0 Å². The van der Waals surface area contributed by atoms with E-state index in [0.29, 0.717) is 6.42 Å². The number of thiophene rings is 1. The van der Waals surface area contributed by atoms with Crippen molar-refractivity contribution >= 4 is 22.7 Å². The molecule has 1 unspecified atom stereocenters. The molecule has 2 heterocycles. The quantitative estimate of drug-likeness (QED) is 0.909. The van der Waals surface area contributed by atoms with Gasteiger partial charge in [0.25, 0.3) is 0 Å². The molecule has 0 radical (unpaired) electrons. The van der Waals surface area contributed by atoms with Gasteiger partial charge in [-0.15, -0.1) is 22.7 Å². The summed E-state index contributed by atoms with van der Waals surface area (Å²) in [6.07, 6.45) is 5.74. The van der Waals surface area contributed by atoms with Crippen LogP contribution < -0.4 is 0 Å². The predicted octanol–water partition coefficient (Wildman–Crippen LogP) is 2.97. The lowest BCUT2D eigenvalue weighted by molar-refractivity contribution is 0.182. The lowest BCUT2D eigenvalue weighted by Crippen LogP contribution is -1.99. The summed E-state index contributed by atoms with van der Waals surface area (Å²) in [5.41, 5.74) is 1.46. The van der Waals surface area contributed by atoms with E-state index in [4.69, 9.17) is 0 Å². The number of hydrogen-bond donors (Lipinski definition) is 1. The number of aliphatic hydroxyl groups is 1. The third kappa shape index (κ3) is 1.93. The van der Waals surface area contributed by atoms with Crippen LogP contribution in [0.2, 0.25) is 0 Å². The fraction of sp³-hybridized carbons (Fsp3) is 0.417. The summed E-state index contributed by atoms with van der Waals surface area (Å²) in [4.78, 5) is 6.80. The van der Waals surface area contributed by atoms with Gasteiger partial charge in [-0.25, -0.2) is 4.98 Å². The molecule has 4 heteroatoms. The lowest BCUT2D eigenvalue weighted by atomic mass is 10.2. The number of nitrogens with zero attached hydrogens (tertiary/aromatic N) is 1. The van der Waals surface area contributed by atoms with Crippen LogP contribution >= 0.6 is 22.7 Å². The Bertz CT molecular complexity index is 454. The second-order valence-electron chi connectivity index (χ2n) is 4.10. The Kier molecular flexibility index (Phi) is 2.79. The zero-order valence-corrected chi connectivity index (χ0v) is 10.5. The zero-order chi connectivity index (χ0) is 11.0. The Morgan fingerprint density at radius 2 is 2.38 bits per heavy atom. The molecule has 2 nitrogen and oxygen atoms in total. The van der Waals surface area contributed by atoms with E-state index in [0.717, 1.165) is 9.88 Å². The minimum atomic E-state index is -0.373. The third-order valence-electron chi connectivity index (χ3n) is 2.95. The van der Waals surface area contributed by atoms with Gasteiger partial charge in [0, 0.05) is 27.8 Å². The van der Waals surface area contributed by atoms with Crippen molar-refractivity contribution in [1.29, 1.82) is 0 Å². The Balaban J connectivity index is 1.76. The first kappa shape index (κ1) is 10.4. The van der Waals surface area contributed by atoms with E-state index in [9.17, 15) is 5.11 Å². The molecule has 16 heavy (non-hydrogen) atoms. The highest BCUT2D eigenvalue weighted by Gasteiger charge is 2.19. The number of aryl methyl sites for hydroxylation is 2. The normalized spacial score (nSPS) is 16.3. The lowest BCUT2D eigenvalue weighted by Gasteiger charge is -2.05. The summed E-state index contributed by atoms with van der Waals surface area (Å²) in [6, 6.07) is 2.19. The highest BCUT2D eigenvalue weighted by Crippen LogP contribution is 2.34. The van der Waals surface area contributed by atoms with Gasteiger partial charge in [0.15, 0.2) is 0 Å². The molecule has 2 aromatic heterocycles. The number of rotatable bonds is 3. The molecule has 0 spiro atoms. The van der Waals surface area contributed by atoms with Crippen molar-refractivity contribution in [1.82, 2.24) is 4.98 Å². The van der Waals surface area contributed by atoms with Crippen molar-refractivity contribution in [3.63, 3.8) is 0 Å². The molecule has 0 aromatic carbocycles. The van der Waals surface area contributed by atoms with Crippen LogP contribution in [0.25, 0.3) is 0 Å². The second-order valence-corrected chi connectivity index (χ2v) is 6.24.